The van der Waals surface area contributed by atoms with E-state index in [9.17, 15) is 4.79 Å². The third-order valence-corrected chi connectivity index (χ3v) is 3.56. The fourth-order valence-corrected chi connectivity index (χ4v) is 1.97. The maximum Gasteiger partial charge on any atom is 0.258 e. The van der Waals surface area contributed by atoms with Crippen LogP contribution in [-0.2, 0) is 4.79 Å². The number of benzene rings is 1. The van der Waals surface area contributed by atoms with Gasteiger partial charge in [-0.15, -0.1) is 12.4 Å². The molecule has 0 bridgehead atoms. The molecule has 0 heterocycles. The van der Waals surface area contributed by atoms with Gasteiger partial charge < -0.3 is 15.8 Å². The van der Waals surface area contributed by atoms with Gasteiger partial charge in [-0.2, -0.15) is 0 Å². The Kier molecular flexibility index (Phi) is 10.6. The SMILES string of the molecule is CCCCC(CN)NC(=O)COc1ccc(Cl)c(Cl)c1.Cl. The predicted molar refractivity (Wildman–Crippen MR) is 89.7 cm³/mol. The number of hydrogen-bond donors (Lipinski definition) is 2. The average Bonchev–Trinajstić information content (AvgIpc) is 2.44. The molecular weight excluding hydrogens is 335 g/mol. The Hall–Kier alpha value is -0.680. The summed E-state index contributed by atoms with van der Waals surface area (Å²) in [6.07, 6.45) is 2.99. The van der Waals surface area contributed by atoms with Crippen LogP contribution in [0.5, 0.6) is 5.75 Å². The largest absolute Gasteiger partial charge is 0.484 e. The molecule has 0 aliphatic rings. The van der Waals surface area contributed by atoms with Crippen LogP contribution in [0.1, 0.15) is 26.2 Å². The first kappa shape index (κ1) is 20.3. The molecule has 3 N–H and O–H groups in total. The molecule has 0 saturated carbocycles. The number of hydrogen-bond acceptors (Lipinski definition) is 3. The van der Waals surface area contributed by atoms with E-state index in [2.05, 4.69) is 12.2 Å². The van der Waals surface area contributed by atoms with E-state index in [0.717, 1.165) is 19.3 Å². The van der Waals surface area contributed by atoms with E-state index in [1.165, 1.54) is 0 Å². The molecule has 1 amide bonds. The summed E-state index contributed by atoms with van der Waals surface area (Å²) in [5.41, 5.74) is 5.62. The zero-order valence-electron chi connectivity index (χ0n) is 11.9. The van der Waals surface area contributed by atoms with Gasteiger partial charge in [0.05, 0.1) is 10.0 Å². The van der Waals surface area contributed by atoms with Crippen LogP contribution in [0.2, 0.25) is 10.0 Å². The van der Waals surface area contributed by atoms with Crippen LogP contribution in [0.3, 0.4) is 0 Å². The minimum absolute atomic E-state index is 0. The molecule has 0 spiro atoms. The number of nitrogens with one attached hydrogen (secondary N) is 1. The van der Waals surface area contributed by atoms with E-state index >= 15 is 0 Å². The molecule has 0 aliphatic heterocycles. The van der Waals surface area contributed by atoms with Gasteiger partial charge >= 0.3 is 0 Å². The lowest BCUT2D eigenvalue weighted by atomic mass is 10.1. The second-order valence-corrected chi connectivity index (χ2v) is 5.32. The van der Waals surface area contributed by atoms with E-state index in [4.69, 9.17) is 33.7 Å². The van der Waals surface area contributed by atoms with E-state index in [1.54, 1.807) is 18.2 Å². The highest BCUT2D eigenvalue weighted by Gasteiger charge is 2.11. The van der Waals surface area contributed by atoms with E-state index in [1.807, 2.05) is 0 Å². The minimum atomic E-state index is -0.192. The highest BCUT2D eigenvalue weighted by Crippen LogP contribution is 2.26. The zero-order valence-corrected chi connectivity index (χ0v) is 14.2. The lowest BCUT2D eigenvalue weighted by Gasteiger charge is -2.16. The first-order valence-electron chi connectivity index (χ1n) is 6.64. The van der Waals surface area contributed by atoms with Gasteiger partial charge in [-0.1, -0.05) is 43.0 Å². The van der Waals surface area contributed by atoms with Gasteiger partial charge in [0.1, 0.15) is 5.75 Å². The number of carbonyl (C=O) groups excluding carboxylic acids is 1. The first-order chi connectivity index (χ1) is 9.56. The first-order valence-corrected chi connectivity index (χ1v) is 7.39. The van der Waals surface area contributed by atoms with Gasteiger partial charge in [0, 0.05) is 18.7 Å². The molecule has 0 aliphatic carbocycles. The van der Waals surface area contributed by atoms with Gasteiger partial charge in [-0.05, 0) is 18.6 Å². The lowest BCUT2D eigenvalue weighted by molar-refractivity contribution is -0.123. The molecule has 1 aromatic carbocycles. The van der Waals surface area contributed by atoms with E-state index in [-0.39, 0.29) is 31.0 Å². The van der Waals surface area contributed by atoms with Crippen LogP contribution in [-0.4, -0.2) is 25.1 Å². The Morgan fingerprint density at radius 3 is 2.67 bits per heavy atom. The minimum Gasteiger partial charge on any atom is -0.484 e. The fourth-order valence-electron chi connectivity index (χ4n) is 1.68. The highest BCUT2D eigenvalue weighted by molar-refractivity contribution is 6.42. The number of halogens is 3. The molecule has 1 rings (SSSR count). The standard InChI is InChI=1S/C14H20Cl2N2O2.ClH/c1-2-3-4-10(8-17)18-14(19)9-20-11-5-6-12(15)13(16)7-11;/h5-7,10H,2-4,8-9,17H2,1H3,(H,18,19);1H. The van der Waals surface area contributed by atoms with Crippen molar-refractivity contribution < 1.29 is 9.53 Å². The number of amides is 1. The van der Waals surface area contributed by atoms with Crippen molar-refractivity contribution in [2.45, 2.75) is 32.2 Å². The van der Waals surface area contributed by atoms with Crippen LogP contribution in [0.4, 0.5) is 0 Å². The van der Waals surface area contributed by atoms with E-state index < -0.39 is 0 Å². The molecule has 0 radical (unpaired) electrons. The van der Waals surface area contributed by atoms with E-state index in [0.29, 0.717) is 22.3 Å². The maximum absolute atomic E-state index is 11.7. The Morgan fingerprint density at radius 2 is 2.10 bits per heavy atom. The Bertz CT molecular complexity index is 444. The number of nitrogens with two attached hydrogens (primary N) is 1. The summed E-state index contributed by atoms with van der Waals surface area (Å²) in [6, 6.07) is 4.87. The van der Waals surface area contributed by atoms with Crippen molar-refractivity contribution in [3.8, 4) is 5.75 Å². The van der Waals surface area contributed by atoms with Crippen molar-refractivity contribution in [2.75, 3.05) is 13.2 Å². The number of carbonyl (C=O) groups is 1. The molecule has 0 saturated heterocycles. The van der Waals surface area contributed by atoms with Gasteiger partial charge in [0.15, 0.2) is 6.61 Å². The molecule has 4 nitrogen and oxygen atoms in total. The number of unbranched alkanes of at least 4 members (excludes halogenated alkanes) is 1. The summed E-state index contributed by atoms with van der Waals surface area (Å²) in [5.74, 6) is 0.315. The lowest BCUT2D eigenvalue weighted by Crippen LogP contribution is -2.42. The Balaban J connectivity index is 0.00000400. The third kappa shape index (κ3) is 7.77. The summed E-state index contributed by atoms with van der Waals surface area (Å²) >= 11 is 11.7. The number of ether oxygens (including phenoxy) is 1. The topological polar surface area (TPSA) is 64.3 Å². The molecule has 0 fully saturated rings. The van der Waals surface area contributed by atoms with Crippen LogP contribution in [0.25, 0.3) is 0 Å². The van der Waals surface area contributed by atoms with Crippen LogP contribution in [0, 0.1) is 0 Å². The zero-order chi connectivity index (χ0) is 15.0. The van der Waals surface area contributed by atoms with Crippen LogP contribution >= 0.6 is 35.6 Å². The monoisotopic (exact) mass is 354 g/mol. The highest BCUT2D eigenvalue weighted by atomic mass is 35.5. The van der Waals surface area contributed by atoms with Crippen LogP contribution in [0.15, 0.2) is 18.2 Å². The van der Waals surface area contributed by atoms with Gasteiger partial charge in [-0.25, -0.2) is 0 Å². The average molecular weight is 356 g/mol. The predicted octanol–water partition coefficient (Wildman–Crippen LogP) is 3.43. The Morgan fingerprint density at radius 1 is 1.38 bits per heavy atom. The van der Waals surface area contributed by atoms with Gasteiger partial charge in [-0.3, -0.25) is 4.79 Å². The molecule has 120 valence electrons. The van der Waals surface area contributed by atoms with Gasteiger partial charge in [0.2, 0.25) is 0 Å². The molecule has 1 atom stereocenters. The van der Waals surface area contributed by atoms with Crippen molar-refractivity contribution in [2.24, 2.45) is 5.73 Å². The smallest absolute Gasteiger partial charge is 0.258 e. The summed E-state index contributed by atoms with van der Waals surface area (Å²) in [5, 5.41) is 3.70. The third-order valence-electron chi connectivity index (χ3n) is 2.82. The quantitative estimate of drug-likeness (QED) is 0.751. The molecule has 7 heteroatoms. The van der Waals surface area contributed by atoms with Crippen LogP contribution < -0.4 is 15.8 Å². The Labute approximate surface area is 141 Å². The fraction of sp³-hybridized carbons (Fsp3) is 0.500. The second kappa shape index (κ2) is 11.0. The molecule has 0 aromatic heterocycles. The molecular formula is C14H21Cl3N2O2. The number of rotatable bonds is 8. The van der Waals surface area contributed by atoms with Crippen molar-refractivity contribution >= 4 is 41.5 Å². The molecule has 1 unspecified atom stereocenters. The normalized spacial score (nSPS) is 11.4. The maximum atomic E-state index is 11.7. The van der Waals surface area contributed by atoms with Crippen molar-refractivity contribution in [3.63, 3.8) is 0 Å². The summed E-state index contributed by atoms with van der Waals surface area (Å²) in [6.45, 7) is 2.46. The second-order valence-electron chi connectivity index (χ2n) is 4.51. The summed E-state index contributed by atoms with van der Waals surface area (Å²) in [4.78, 5) is 11.7. The molecule has 21 heavy (non-hydrogen) atoms. The van der Waals surface area contributed by atoms with Gasteiger partial charge in [0.25, 0.3) is 5.91 Å². The summed E-state index contributed by atoms with van der Waals surface area (Å²) < 4.78 is 5.36. The van der Waals surface area contributed by atoms with Crippen molar-refractivity contribution in [1.82, 2.24) is 5.32 Å². The van der Waals surface area contributed by atoms with Crippen molar-refractivity contribution in [3.05, 3.63) is 28.2 Å². The molecule has 1 aromatic rings. The summed E-state index contributed by atoms with van der Waals surface area (Å²) in [7, 11) is 0. The van der Waals surface area contributed by atoms with Crippen molar-refractivity contribution in [1.29, 1.82) is 0 Å².